The molecule has 4 aliphatic heterocycles. The molecule has 0 spiro atoms. The molecule has 6 N–H and O–H groups in total. The molecule has 0 aliphatic carbocycles. The number of carbonyl (C=O) groups is 2. The van der Waals surface area contributed by atoms with Gasteiger partial charge in [0.25, 0.3) is 0 Å². The van der Waals surface area contributed by atoms with Gasteiger partial charge in [-0.3, -0.25) is 14.6 Å². The van der Waals surface area contributed by atoms with Gasteiger partial charge in [0.05, 0.1) is 53.4 Å². The number of amides is 1. The number of likely N-dealkylation sites (tertiary alicyclic amines) is 1. The molecule has 22 heteroatoms. The molecule has 0 aromatic carbocycles. The quantitative estimate of drug-likeness (QED) is 0.0474. The van der Waals surface area contributed by atoms with E-state index in [0.717, 1.165) is 38.7 Å². The minimum atomic E-state index is -3.64. The van der Waals surface area contributed by atoms with Crippen LogP contribution in [0.3, 0.4) is 0 Å². The number of methoxy groups -OCH3 is 3. The van der Waals surface area contributed by atoms with Gasteiger partial charge in [-0.2, -0.15) is 0 Å². The van der Waals surface area contributed by atoms with Crippen LogP contribution in [0.4, 0.5) is 4.79 Å². The number of hydrogen-bond donors (Lipinski definition) is 5. The molecule has 4 saturated heterocycles. The topological polar surface area (TPSA) is 263 Å². The number of sulfonamides is 1. The zero-order valence-corrected chi connectivity index (χ0v) is 48.0. The number of carbonyl (C=O) groups excluding carboxylic acids is 2. The van der Waals surface area contributed by atoms with Crippen molar-refractivity contribution < 1.29 is 71.3 Å². The molecular weight excluding hydrogens is 969 g/mol. The van der Waals surface area contributed by atoms with Crippen LogP contribution in [-0.2, 0) is 52.7 Å². The number of cyclic esters (lactones) is 1. The summed E-state index contributed by atoms with van der Waals surface area (Å²) >= 11 is 0. The van der Waals surface area contributed by atoms with E-state index in [1.54, 1.807) is 34.8 Å². The molecule has 1 amide bonds. The summed E-state index contributed by atoms with van der Waals surface area (Å²) in [5.41, 5.74) is 1.09. The smallest absolute Gasteiger partial charge is 0.410 e. The standard InChI is InChI=1S/C51H96N6O15S/c1-18-38-50(12)43(57(47(60)72-50)23-21-53-73(17,63)64)34(7)40(54-62)31(4)27-48(10,66-15)44(71-46-41(58)37(52)26-33(6)68-46)35(8)42(36(9)45(59)69-38)70-39(65-14)28-49(11,67-16)51(61,30(2)3)29-55(13)24-25-56-22-19-20-32(56)5/h30-39,41-44,46,53,58,61-62H,18-29,52H2,1-17H3/t31-,32-,33-,34+,35+,36-,37+,38-,39+,41-,42+,43-,44-,46+,48+,49-,50-,51-/m1/s1. The van der Waals surface area contributed by atoms with E-state index in [-0.39, 0.29) is 56.6 Å². The first-order valence-electron chi connectivity index (χ1n) is 26.5. The lowest BCUT2D eigenvalue weighted by atomic mass is 9.72. The number of nitrogens with zero attached hydrogens (tertiary/aromatic N) is 4. The molecule has 0 aromatic heterocycles. The van der Waals surface area contributed by atoms with E-state index in [1.165, 1.54) is 19.1 Å². The minimum Gasteiger partial charge on any atom is -0.458 e. The van der Waals surface area contributed by atoms with E-state index in [9.17, 15) is 28.6 Å². The molecular formula is C51H96N6O15S. The third-order valence-electron chi connectivity index (χ3n) is 17.0. The van der Waals surface area contributed by atoms with E-state index in [4.69, 9.17) is 43.6 Å². The van der Waals surface area contributed by atoms with Crippen LogP contribution in [0.15, 0.2) is 5.16 Å². The van der Waals surface area contributed by atoms with E-state index in [0.29, 0.717) is 12.5 Å². The van der Waals surface area contributed by atoms with Gasteiger partial charge in [0.2, 0.25) is 10.0 Å². The lowest BCUT2D eigenvalue weighted by Crippen LogP contribution is -2.64. The molecule has 0 aromatic rings. The predicted octanol–water partition coefficient (Wildman–Crippen LogP) is 3.78. The summed E-state index contributed by atoms with van der Waals surface area (Å²) in [6.45, 7) is 24.9. The van der Waals surface area contributed by atoms with Crippen molar-refractivity contribution in [1.82, 2.24) is 19.4 Å². The Kier molecular flexibility index (Phi) is 22.4. The molecule has 4 aliphatic rings. The summed E-state index contributed by atoms with van der Waals surface area (Å²) in [5.74, 6) is -4.32. The molecule has 18 atom stereocenters. The summed E-state index contributed by atoms with van der Waals surface area (Å²) in [4.78, 5) is 35.1. The molecule has 0 unspecified atom stereocenters. The number of hydrogen-bond acceptors (Lipinski definition) is 19. The first kappa shape index (κ1) is 63.2. The number of nitrogens with two attached hydrogens (primary N) is 1. The Hall–Kier alpha value is -2.32. The number of ether oxygens (including phenoxy) is 8. The second-order valence-electron chi connectivity index (χ2n) is 22.8. The normalized spacial score (nSPS) is 38.2. The molecule has 0 saturated carbocycles. The average molecular weight is 1070 g/mol. The van der Waals surface area contributed by atoms with Crippen molar-refractivity contribution in [2.45, 2.75) is 205 Å². The number of oxime groups is 1. The van der Waals surface area contributed by atoms with Crippen molar-refractivity contribution in [3.8, 4) is 0 Å². The van der Waals surface area contributed by atoms with Gasteiger partial charge in [-0.1, -0.05) is 46.7 Å². The van der Waals surface area contributed by atoms with Crippen LogP contribution in [0.1, 0.15) is 122 Å². The first-order chi connectivity index (χ1) is 33.9. The maximum atomic E-state index is 15.1. The third-order valence-corrected chi connectivity index (χ3v) is 17.8. The fraction of sp³-hybridized carbons (Fsp3) is 0.941. The number of rotatable bonds is 21. The number of aliphatic hydroxyl groups is 2. The van der Waals surface area contributed by atoms with Gasteiger partial charge in [0.15, 0.2) is 18.2 Å². The average Bonchev–Trinajstić information content (AvgIpc) is 3.85. The Bertz CT molecular complexity index is 1940. The highest BCUT2D eigenvalue weighted by Gasteiger charge is 2.61. The minimum absolute atomic E-state index is 0.00309. The van der Waals surface area contributed by atoms with Crippen molar-refractivity contribution in [2.75, 3.05) is 73.9 Å². The van der Waals surface area contributed by atoms with Gasteiger partial charge >= 0.3 is 12.1 Å². The molecule has 4 heterocycles. The van der Waals surface area contributed by atoms with Crippen molar-refractivity contribution >= 4 is 27.8 Å². The van der Waals surface area contributed by atoms with E-state index in [2.05, 4.69) is 26.6 Å². The van der Waals surface area contributed by atoms with Crippen LogP contribution < -0.4 is 10.5 Å². The van der Waals surface area contributed by atoms with Crippen molar-refractivity contribution in [3.63, 3.8) is 0 Å². The summed E-state index contributed by atoms with van der Waals surface area (Å²) in [6.07, 6.45) is -4.03. The molecule has 4 rings (SSSR count). The van der Waals surface area contributed by atoms with E-state index in [1.807, 2.05) is 55.5 Å². The molecule has 21 nitrogen and oxygen atoms in total. The highest BCUT2D eigenvalue weighted by Crippen LogP contribution is 2.45. The zero-order valence-electron chi connectivity index (χ0n) is 47.2. The number of nitrogens with one attached hydrogen (secondary N) is 1. The Morgan fingerprint density at radius 2 is 1.73 bits per heavy atom. The highest BCUT2D eigenvalue weighted by molar-refractivity contribution is 7.88. The molecule has 0 bridgehead atoms. The molecule has 73 heavy (non-hydrogen) atoms. The fourth-order valence-corrected chi connectivity index (χ4v) is 12.8. The first-order valence-corrected chi connectivity index (χ1v) is 28.3. The highest BCUT2D eigenvalue weighted by atomic mass is 32.2. The Morgan fingerprint density at radius 1 is 1.07 bits per heavy atom. The molecule has 426 valence electrons. The summed E-state index contributed by atoms with van der Waals surface area (Å²) in [6, 6.07) is -1.13. The van der Waals surface area contributed by atoms with E-state index >= 15 is 4.79 Å². The van der Waals surface area contributed by atoms with Crippen LogP contribution in [-0.4, -0.2) is 214 Å². The number of esters is 1. The van der Waals surface area contributed by atoms with E-state index < -0.39 is 117 Å². The second kappa shape index (κ2) is 25.9. The van der Waals surface area contributed by atoms with Gasteiger partial charge < -0.3 is 63.9 Å². The number of fused-ring (bicyclic) bond motifs is 1. The summed E-state index contributed by atoms with van der Waals surface area (Å²) in [5, 5.41) is 39.2. The third kappa shape index (κ3) is 14.4. The predicted molar refractivity (Wildman–Crippen MR) is 275 cm³/mol. The maximum absolute atomic E-state index is 15.1. The van der Waals surface area contributed by atoms with Gasteiger partial charge in [-0.15, -0.1) is 0 Å². The summed E-state index contributed by atoms with van der Waals surface area (Å²) < 4.78 is 78.7. The van der Waals surface area contributed by atoms with Crippen LogP contribution in [0, 0.1) is 29.6 Å². The Morgan fingerprint density at radius 3 is 2.26 bits per heavy atom. The van der Waals surface area contributed by atoms with Gasteiger partial charge in [0, 0.05) is 90.3 Å². The van der Waals surface area contributed by atoms with Crippen LogP contribution in [0.25, 0.3) is 0 Å². The molecule has 4 fully saturated rings. The summed E-state index contributed by atoms with van der Waals surface area (Å²) in [7, 11) is 2.90. The molecule has 0 radical (unpaired) electrons. The second-order valence-corrected chi connectivity index (χ2v) is 24.6. The van der Waals surface area contributed by atoms with Gasteiger partial charge in [0.1, 0.15) is 17.8 Å². The van der Waals surface area contributed by atoms with Gasteiger partial charge in [-0.25, -0.2) is 17.9 Å². The Balaban J connectivity index is 1.88. The largest absolute Gasteiger partial charge is 0.458 e. The number of aliphatic hydroxyl groups excluding tert-OH is 1. The SMILES string of the molecule is CC[C@H]1OC(=O)[C@H](C)[C@@H](O[C@@H](C[C@@](C)(OC)[C@@](O)(CN(C)CCN2CCC[C@H]2C)C(C)C)OC)[C@H](C)[C@@H](O[C@@H]2O[C@H](C)C[C@H](N)[C@H]2O)[C@@](C)(OC)C[C@@H](C)C(=NO)[C@H](C)[C@H]2N(CCNS(C)(=O)=O)C(=O)O[C@]12C. The number of likely N-dealkylation sites (N-methyl/N-ethyl adjacent to an activating group) is 1. The van der Waals surface area contributed by atoms with Crippen LogP contribution in [0.2, 0.25) is 0 Å². The fourth-order valence-electron chi connectivity index (χ4n) is 12.4. The lowest BCUT2D eigenvalue weighted by molar-refractivity contribution is -0.303. The van der Waals surface area contributed by atoms with Crippen LogP contribution in [0.5, 0.6) is 0 Å². The van der Waals surface area contributed by atoms with Crippen LogP contribution >= 0.6 is 0 Å². The van der Waals surface area contributed by atoms with Crippen molar-refractivity contribution in [1.29, 1.82) is 0 Å². The zero-order chi connectivity index (χ0) is 55.2. The maximum Gasteiger partial charge on any atom is 0.410 e. The monoisotopic (exact) mass is 1060 g/mol. The van der Waals surface area contributed by atoms with Gasteiger partial charge in [-0.05, 0) is 93.2 Å². The lowest BCUT2D eigenvalue weighted by Gasteiger charge is -2.50. The van der Waals surface area contributed by atoms with Crippen molar-refractivity contribution in [3.05, 3.63) is 0 Å². The van der Waals surface area contributed by atoms with Crippen molar-refractivity contribution in [2.24, 2.45) is 40.5 Å². The Labute approximate surface area is 436 Å².